The highest BCUT2D eigenvalue weighted by molar-refractivity contribution is 7.91. The summed E-state index contributed by atoms with van der Waals surface area (Å²) < 4.78 is 24.6. The fourth-order valence-electron chi connectivity index (χ4n) is 2.02. The molecular formula is C13H25N3O2S. The molecule has 1 aromatic heterocycles. The van der Waals surface area contributed by atoms with E-state index in [-0.39, 0.29) is 11.5 Å². The minimum absolute atomic E-state index is 0.218. The number of nitrogens with one attached hydrogen (secondary N) is 1. The molecule has 1 N–H and O–H groups in total. The van der Waals surface area contributed by atoms with Crippen molar-refractivity contribution in [3.63, 3.8) is 0 Å². The molecule has 110 valence electrons. The van der Waals surface area contributed by atoms with E-state index in [4.69, 9.17) is 0 Å². The third-order valence-corrected chi connectivity index (χ3v) is 4.99. The van der Waals surface area contributed by atoms with Crippen molar-refractivity contribution >= 4 is 9.84 Å². The number of aromatic nitrogens is 2. The summed E-state index contributed by atoms with van der Waals surface area (Å²) in [4.78, 5) is 0. The zero-order chi connectivity index (χ0) is 14.3. The number of aryl methyl sites for hydroxylation is 1. The monoisotopic (exact) mass is 287 g/mol. The van der Waals surface area contributed by atoms with Crippen LogP contribution in [0.2, 0.25) is 0 Å². The summed E-state index contributed by atoms with van der Waals surface area (Å²) in [7, 11) is -2.87. The van der Waals surface area contributed by atoms with Crippen LogP contribution in [0, 0.1) is 0 Å². The molecule has 1 atom stereocenters. The summed E-state index contributed by atoms with van der Waals surface area (Å²) in [5.74, 6) is 0.457. The lowest BCUT2D eigenvalue weighted by molar-refractivity contribution is 0.534. The first-order valence-corrected chi connectivity index (χ1v) is 8.80. The largest absolute Gasteiger partial charge is 0.310 e. The van der Waals surface area contributed by atoms with Crippen molar-refractivity contribution in [2.45, 2.75) is 46.2 Å². The highest BCUT2D eigenvalue weighted by Crippen LogP contribution is 2.15. The van der Waals surface area contributed by atoms with Gasteiger partial charge in [-0.1, -0.05) is 20.8 Å². The molecule has 0 aliphatic rings. The standard InChI is InChI=1S/C13H25N3O2S/c1-4-13(14-5-2)12-10-15-16(11-12)8-7-9-19(17,18)6-3/h10-11,13-14H,4-9H2,1-3H3. The van der Waals surface area contributed by atoms with Gasteiger partial charge in [0.05, 0.1) is 11.9 Å². The van der Waals surface area contributed by atoms with Crippen molar-refractivity contribution in [1.29, 1.82) is 0 Å². The Hall–Kier alpha value is -0.880. The summed E-state index contributed by atoms with van der Waals surface area (Å²) in [6.45, 7) is 7.49. The lowest BCUT2D eigenvalue weighted by atomic mass is 10.1. The van der Waals surface area contributed by atoms with Crippen molar-refractivity contribution < 1.29 is 8.42 Å². The molecular weight excluding hydrogens is 262 g/mol. The van der Waals surface area contributed by atoms with E-state index in [1.165, 1.54) is 5.56 Å². The van der Waals surface area contributed by atoms with Crippen molar-refractivity contribution in [3.8, 4) is 0 Å². The fraction of sp³-hybridized carbons (Fsp3) is 0.769. The maximum Gasteiger partial charge on any atom is 0.150 e. The minimum atomic E-state index is -2.87. The van der Waals surface area contributed by atoms with Gasteiger partial charge < -0.3 is 5.32 Å². The van der Waals surface area contributed by atoms with Crippen LogP contribution in [-0.2, 0) is 16.4 Å². The van der Waals surface area contributed by atoms with E-state index in [0.29, 0.717) is 19.0 Å². The molecule has 1 rings (SSSR count). The lowest BCUT2D eigenvalue weighted by Crippen LogP contribution is -2.19. The zero-order valence-electron chi connectivity index (χ0n) is 12.1. The maximum atomic E-state index is 11.4. The highest BCUT2D eigenvalue weighted by atomic mass is 32.2. The van der Waals surface area contributed by atoms with Gasteiger partial charge in [-0.15, -0.1) is 0 Å². The van der Waals surface area contributed by atoms with Crippen molar-refractivity contribution in [3.05, 3.63) is 18.0 Å². The fourth-order valence-corrected chi connectivity index (χ4v) is 2.87. The predicted octanol–water partition coefficient (Wildman–Crippen LogP) is 1.77. The van der Waals surface area contributed by atoms with Crippen LogP contribution >= 0.6 is 0 Å². The smallest absolute Gasteiger partial charge is 0.150 e. The first-order chi connectivity index (χ1) is 9.02. The molecule has 0 bridgehead atoms. The third-order valence-electron chi connectivity index (χ3n) is 3.20. The van der Waals surface area contributed by atoms with Crippen molar-refractivity contribution in [2.24, 2.45) is 0 Å². The molecule has 0 spiro atoms. The summed E-state index contributed by atoms with van der Waals surface area (Å²) in [5.41, 5.74) is 1.17. The molecule has 1 aromatic rings. The van der Waals surface area contributed by atoms with E-state index >= 15 is 0 Å². The third kappa shape index (κ3) is 5.32. The van der Waals surface area contributed by atoms with Crippen LogP contribution < -0.4 is 5.32 Å². The van der Waals surface area contributed by atoms with Gasteiger partial charge in [-0.2, -0.15) is 5.10 Å². The number of nitrogens with zero attached hydrogens (tertiary/aromatic N) is 2. The molecule has 0 saturated carbocycles. The van der Waals surface area contributed by atoms with Crippen molar-refractivity contribution in [2.75, 3.05) is 18.1 Å². The molecule has 0 amide bonds. The summed E-state index contributed by atoms with van der Waals surface area (Å²) in [5, 5.41) is 7.70. The van der Waals surface area contributed by atoms with Gasteiger partial charge in [0.25, 0.3) is 0 Å². The molecule has 1 heterocycles. The van der Waals surface area contributed by atoms with E-state index in [0.717, 1.165) is 13.0 Å². The Balaban J connectivity index is 2.51. The maximum absolute atomic E-state index is 11.4. The van der Waals surface area contributed by atoms with Crippen molar-refractivity contribution in [1.82, 2.24) is 15.1 Å². The second-order valence-corrected chi connectivity index (χ2v) is 7.12. The quantitative estimate of drug-likeness (QED) is 0.752. The molecule has 6 heteroatoms. The molecule has 0 saturated heterocycles. The zero-order valence-corrected chi connectivity index (χ0v) is 12.9. The molecule has 0 aliphatic carbocycles. The number of sulfone groups is 1. The molecule has 5 nitrogen and oxygen atoms in total. The first-order valence-electron chi connectivity index (χ1n) is 6.98. The highest BCUT2D eigenvalue weighted by Gasteiger charge is 2.11. The Morgan fingerprint density at radius 3 is 2.68 bits per heavy atom. The van der Waals surface area contributed by atoms with Crippen LogP contribution in [0.5, 0.6) is 0 Å². The van der Waals surface area contributed by atoms with E-state index in [1.807, 2.05) is 17.1 Å². The van der Waals surface area contributed by atoms with Gasteiger partial charge >= 0.3 is 0 Å². The molecule has 0 aromatic carbocycles. The molecule has 19 heavy (non-hydrogen) atoms. The molecule has 0 aliphatic heterocycles. The Morgan fingerprint density at radius 1 is 1.37 bits per heavy atom. The van der Waals surface area contributed by atoms with Gasteiger partial charge in [-0.25, -0.2) is 8.42 Å². The molecule has 0 fully saturated rings. The Bertz CT molecular complexity index is 468. The van der Waals surface area contributed by atoms with E-state index in [2.05, 4.69) is 24.3 Å². The lowest BCUT2D eigenvalue weighted by Gasteiger charge is -2.13. The van der Waals surface area contributed by atoms with E-state index < -0.39 is 9.84 Å². The van der Waals surface area contributed by atoms with Crippen LogP contribution in [0.4, 0.5) is 0 Å². The normalized spacial score (nSPS) is 13.6. The van der Waals surface area contributed by atoms with Crippen LogP contribution in [0.3, 0.4) is 0 Å². The SMILES string of the molecule is CCNC(CC)c1cnn(CCCS(=O)(=O)CC)c1. The Morgan fingerprint density at radius 2 is 2.11 bits per heavy atom. The summed E-state index contributed by atoms with van der Waals surface area (Å²) in [6, 6.07) is 0.332. The van der Waals surface area contributed by atoms with Gasteiger partial charge in [-0.05, 0) is 19.4 Å². The Labute approximate surface area is 116 Å². The Kier molecular flexibility index (Phi) is 6.51. The van der Waals surface area contributed by atoms with Gasteiger partial charge in [-0.3, -0.25) is 4.68 Å². The van der Waals surface area contributed by atoms with E-state index in [1.54, 1.807) is 6.92 Å². The van der Waals surface area contributed by atoms with Gasteiger partial charge in [0.15, 0.2) is 0 Å². The molecule has 1 unspecified atom stereocenters. The average molecular weight is 287 g/mol. The topological polar surface area (TPSA) is 64.0 Å². The minimum Gasteiger partial charge on any atom is -0.310 e. The predicted molar refractivity (Wildman–Crippen MR) is 77.9 cm³/mol. The second kappa shape index (κ2) is 7.65. The van der Waals surface area contributed by atoms with Crippen LogP contribution in [-0.4, -0.2) is 36.2 Å². The molecule has 0 radical (unpaired) electrons. The average Bonchev–Trinajstić information content (AvgIpc) is 2.84. The van der Waals surface area contributed by atoms with Gasteiger partial charge in [0, 0.05) is 30.1 Å². The number of rotatable bonds is 9. The summed E-state index contributed by atoms with van der Waals surface area (Å²) >= 11 is 0. The van der Waals surface area contributed by atoms with Crippen LogP contribution in [0.1, 0.15) is 45.2 Å². The van der Waals surface area contributed by atoms with Crippen LogP contribution in [0.25, 0.3) is 0 Å². The van der Waals surface area contributed by atoms with E-state index in [9.17, 15) is 8.42 Å². The van der Waals surface area contributed by atoms with Crippen LogP contribution in [0.15, 0.2) is 12.4 Å². The van der Waals surface area contributed by atoms with Gasteiger partial charge in [0.2, 0.25) is 0 Å². The first kappa shape index (κ1) is 16.2. The number of hydrogen-bond donors (Lipinski definition) is 1. The van der Waals surface area contributed by atoms with Gasteiger partial charge in [0.1, 0.15) is 9.84 Å². The number of hydrogen-bond acceptors (Lipinski definition) is 4. The second-order valence-electron chi connectivity index (χ2n) is 4.65. The summed E-state index contributed by atoms with van der Waals surface area (Å²) in [6.07, 6.45) is 5.51.